The van der Waals surface area contributed by atoms with Crippen molar-refractivity contribution in [3.8, 4) is 11.5 Å². The van der Waals surface area contributed by atoms with Gasteiger partial charge in [0.2, 0.25) is 0 Å². The first kappa shape index (κ1) is 22.4. The van der Waals surface area contributed by atoms with Gasteiger partial charge in [-0.3, -0.25) is 4.90 Å². The van der Waals surface area contributed by atoms with Crippen LogP contribution < -0.4 is 15.2 Å². The number of fused-ring (bicyclic) bond motifs is 1. The minimum Gasteiger partial charge on any atom is -0.493 e. The van der Waals surface area contributed by atoms with Gasteiger partial charge in [0.15, 0.2) is 11.5 Å². The van der Waals surface area contributed by atoms with Crippen molar-refractivity contribution in [1.82, 2.24) is 4.90 Å². The average molecular weight is 399 g/mol. The van der Waals surface area contributed by atoms with Gasteiger partial charge < -0.3 is 15.2 Å². The summed E-state index contributed by atoms with van der Waals surface area (Å²) in [5, 5.41) is 0. The molecule has 0 spiro atoms. The molecule has 1 heterocycles. The van der Waals surface area contributed by atoms with E-state index >= 15 is 0 Å². The lowest BCUT2D eigenvalue weighted by molar-refractivity contribution is 0.200. The first-order chi connectivity index (χ1) is 11.6. The second-order valence-electron chi connectivity index (χ2n) is 6.36. The van der Waals surface area contributed by atoms with Gasteiger partial charge in [-0.25, -0.2) is 0 Å². The van der Waals surface area contributed by atoms with Crippen molar-refractivity contribution in [2.75, 3.05) is 33.0 Å². The highest BCUT2D eigenvalue weighted by Crippen LogP contribution is 2.37. The van der Waals surface area contributed by atoms with Gasteiger partial charge >= 0.3 is 0 Å². The fraction of sp³-hybridized carbons (Fsp3) is 0.400. The van der Waals surface area contributed by atoms with E-state index in [-0.39, 0.29) is 24.8 Å². The number of methoxy groups -OCH3 is 2. The third-order valence-corrected chi connectivity index (χ3v) is 4.95. The lowest BCUT2D eigenvalue weighted by Gasteiger charge is -2.35. The molecule has 0 fully saturated rings. The van der Waals surface area contributed by atoms with E-state index in [1.807, 2.05) is 12.1 Å². The first-order valence-electron chi connectivity index (χ1n) is 8.45. The van der Waals surface area contributed by atoms with E-state index in [2.05, 4.69) is 36.1 Å². The zero-order chi connectivity index (χ0) is 17.1. The molecule has 6 heteroatoms. The number of hydrogen-bond donors (Lipinski definition) is 1. The Hall–Kier alpha value is -1.62. The number of ether oxygens (including phenoxy) is 2. The normalized spacial score (nSPS) is 16.0. The van der Waals surface area contributed by atoms with Gasteiger partial charge in [-0.1, -0.05) is 12.1 Å². The van der Waals surface area contributed by atoms with Crippen LogP contribution in [0, 0.1) is 0 Å². The highest BCUT2D eigenvalue weighted by atomic mass is 35.5. The van der Waals surface area contributed by atoms with Gasteiger partial charge in [0.25, 0.3) is 0 Å². The molecule has 0 bridgehead atoms. The lowest BCUT2D eigenvalue weighted by atomic mass is 9.92. The van der Waals surface area contributed by atoms with Gasteiger partial charge in [0, 0.05) is 24.8 Å². The summed E-state index contributed by atoms with van der Waals surface area (Å²) in [6, 6.07) is 12.8. The summed E-state index contributed by atoms with van der Waals surface area (Å²) in [5.41, 5.74) is 10.7. The number of benzene rings is 2. The zero-order valence-corrected chi connectivity index (χ0v) is 17.2. The highest BCUT2D eigenvalue weighted by Gasteiger charge is 2.25. The molecule has 3 rings (SSSR count). The molecule has 0 aromatic heterocycles. The van der Waals surface area contributed by atoms with E-state index in [1.165, 1.54) is 16.7 Å². The molecule has 0 saturated carbocycles. The van der Waals surface area contributed by atoms with Crippen LogP contribution in [0.1, 0.15) is 29.7 Å². The number of anilines is 1. The SMILES string of the molecule is COc1cc2c(cc1OC)C(C)N(CCc1cccc(N)c1)CC2.Cl.Cl. The zero-order valence-electron chi connectivity index (χ0n) is 15.5. The predicted molar refractivity (Wildman–Crippen MR) is 112 cm³/mol. The Kier molecular flexibility index (Phi) is 8.54. The van der Waals surface area contributed by atoms with Gasteiger partial charge in [0.05, 0.1) is 14.2 Å². The van der Waals surface area contributed by atoms with Crippen molar-refractivity contribution in [2.45, 2.75) is 25.8 Å². The quantitative estimate of drug-likeness (QED) is 0.762. The Morgan fingerprint density at radius 1 is 1.08 bits per heavy atom. The number of nitrogens with two attached hydrogens (primary N) is 1. The summed E-state index contributed by atoms with van der Waals surface area (Å²) in [5.74, 6) is 1.62. The molecule has 2 aromatic rings. The Morgan fingerprint density at radius 3 is 2.42 bits per heavy atom. The average Bonchev–Trinajstić information content (AvgIpc) is 2.60. The fourth-order valence-corrected chi connectivity index (χ4v) is 3.52. The van der Waals surface area contributed by atoms with Crippen molar-refractivity contribution < 1.29 is 9.47 Å². The Balaban J connectivity index is 0.00000169. The molecule has 0 saturated heterocycles. The summed E-state index contributed by atoms with van der Waals surface area (Å²) in [7, 11) is 3.38. The van der Waals surface area contributed by atoms with E-state index in [0.29, 0.717) is 6.04 Å². The molecule has 0 radical (unpaired) electrons. The molecule has 26 heavy (non-hydrogen) atoms. The molecular formula is C20H28Cl2N2O2. The van der Waals surface area contributed by atoms with Crippen LogP contribution in [-0.2, 0) is 12.8 Å². The van der Waals surface area contributed by atoms with Crippen LogP contribution in [0.3, 0.4) is 0 Å². The Bertz CT molecular complexity index is 725. The van der Waals surface area contributed by atoms with E-state index in [9.17, 15) is 0 Å². The number of halogens is 2. The predicted octanol–water partition coefficient (Wildman–Crippen LogP) is 4.29. The molecular weight excluding hydrogens is 371 g/mol. The Labute approximate surface area is 168 Å². The van der Waals surface area contributed by atoms with Crippen LogP contribution in [0.5, 0.6) is 11.5 Å². The van der Waals surface area contributed by atoms with Crippen LogP contribution in [0.25, 0.3) is 0 Å². The lowest BCUT2D eigenvalue weighted by Crippen LogP contribution is -2.35. The van der Waals surface area contributed by atoms with E-state index in [0.717, 1.165) is 43.1 Å². The molecule has 144 valence electrons. The third-order valence-electron chi connectivity index (χ3n) is 4.95. The summed E-state index contributed by atoms with van der Waals surface area (Å²) < 4.78 is 10.9. The molecule has 0 amide bonds. The van der Waals surface area contributed by atoms with Gasteiger partial charge in [-0.2, -0.15) is 0 Å². The van der Waals surface area contributed by atoms with E-state index in [4.69, 9.17) is 15.2 Å². The summed E-state index contributed by atoms with van der Waals surface area (Å²) in [6.07, 6.45) is 2.05. The van der Waals surface area contributed by atoms with Crippen LogP contribution in [0.2, 0.25) is 0 Å². The number of rotatable bonds is 5. The van der Waals surface area contributed by atoms with Crippen LogP contribution in [0.4, 0.5) is 5.69 Å². The van der Waals surface area contributed by atoms with Crippen molar-refractivity contribution in [3.05, 3.63) is 53.1 Å². The number of hydrogen-bond acceptors (Lipinski definition) is 4. The van der Waals surface area contributed by atoms with Gasteiger partial charge in [0.1, 0.15) is 0 Å². The largest absolute Gasteiger partial charge is 0.493 e. The maximum absolute atomic E-state index is 5.88. The van der Waals surface area contributed by atoms with E-state index in [1.54, 1.807) is 14.2 Å². The smallest absolute Gasteiger partial charge is 0.161 e. The van der Waals surface area contributed by atoms with Crippen molar-refractivity contribution in [2.24, 2.45) is 0 Å². The molecule has 2 aromatic carbocycles. The monoisotopic (exact) mass is 398 g/mol. The van der Waals surface area contributed by atoms with Crippen molar-refractivity contribution in [3.63, 3.8) is 0 Å². The molecule has 1 aliphatic rings. The second kappa shape index (κ2) is 9.91. The van der Waals surface area contributed by atoms with Gasteiger partial charge in [-0.05, 0) is 60.7 Å². The minimum absolute atomic E-state index is 0. The maximum atomic E-state index is 5.88. The standard InChI is InChI=1S/C20H26N2O2.2ClH/c1-14-18-13-20(24-3)19(23-2)12-16(18)8-10-22(14)9-7-15-5-4-6-17(21)11-15;;/h4-6,11-14H,7-10,21H2,1-3H3;2*1H. The van der Waals surface area contributed by atoms with E-state index < -0.39 is 0 Å². The van der Waals surface area contributed by atoms with Gasteiger partial charge in [-0.15, -0.1) is 24.8 Å². The van der Waals surface area contributed by atoms with Crippen molar-refractivity contribution >= 4 is 30.5 Å². The minimum atomic E-state index is 0. The molecule has 2 N–H and O–H groups in total. The number of nitrogen functional groups attached to an aromatic ring is 1. The van der Waals surface area contributed by atoms with Crippen LogP contribution >= 0.6 is 24.8 Å². The first-order valence-corrected chi connectivity index (χ1v) is 8.45. The summed E-state index contributed by atoms with van der Waals surface area (Å²) in [6.45, 7) is 4.35. The summed E-state index contributed by atoms with van der Waals surface area (Å²) >= 11 is 0. The third kappa shape index (κ3) is 4.76. The molecule has 1 unspecified atom stereocenters. The maximum Gasteiger partial charge on any atom is 0.161 e. The highest BCUT2D eigenvalue weighted by molar-refractivity contribution is 5.85. The Morgan fingerprint density at radius 2 is 1.77 bits per heavy atom. The fourth-order valence-electron chi connectivity index (χ4n) is 3.52. The number of nitrogens with zero attached hydrogens (tertiary/aromatic N) is 1. The molecule has 4 nitrogen and oxygen atoms in total. The van der Waals surface area contributed by atoms with Crippen LogP contribution in [0.15, 0.2) is 36.4 Å². The molecule has 1 atom stereocenters. The van der Waals surface area contributed by atoms with Crippen LogP contribution in [-0.4, -0.2) is 32.2 Å². The molecule has 1 aliphatic heterocycles. The van der Waals surface area contributed by atoms with Crippen molar-refractivity contribution in [1.29, 1.82) is 0 Å². The summed E-state index contributed by atoms with van der Waals surface area (Å²) in [4.78, 5) is 2.53. The topological polar surface area (TPSA) is 47.7 Å². The second-order valence-corrected chi connectivity index (χ2v) is 6.36. The molecule has 0 aliphatic carbocycles.